The SMILES string of the molecule is CC1CC(C(=O)O)CN(S(=O)(=O)CCCS(=O)(=O)N(C)C)C1. The van der Waals surface area contributed by atoms with Crippen LogP contribution in [0.4, 0.5) is 0 Å². The van der Waals surface area contributed by atoms with Gasteiger partial charge in [-0.2, -0.15) is 0 Å². The number of carbonyl (C=O) groups is 1. The van der Waals surface area contributed by atoms with Gasteiger partial charge < -0.3 is 5.11 Å². The van der Waals surface area contributed by atoms with Gasteiger partial charge in [-0.15, -0.1) is 0 Å². The molecular weight excluding hydrogens is 332 g/mol. The van der Waals surface area contributed by atoms with Gasteiger partial charge in [-0.05, 0) is 18.8 Å². The van der Waals surface area contributed by atoms with Crippen molar-refractivity contribution in [2.45, 2.75) is 19.8 Å². The van der Waals surface area contributed by atoms with E-state index in [-0.39, 0.29) is 36.9 Å². The summed E-state index contributed by atoms with van der Waals surface area (Å²) in [4.78, 5) is 11.1. The van der Waals surface area contributed by atoms with Crippen LogP contribution in [0, 0.1) is 11.8 Å². The van der Waals surface area contributed by atoms with Crippen molar-refractivity contribution in [3.05, 3.63) is 0 Å². The van der Waals surface area contributed by atoms with Crippen LogP contribution in [0.2, 0.25) is 0 Å². The van der Waals surface area contributed by atoms with Crippen LogP contribution >= 0.6 is 0 Å². The molecule has 22 heavy (non-hydrogen) atoms. The van der Waals surface area contributed by atoms with Crippen LogP contribution in [-0.4, -0.2) is 75.2 Å². The number of rotatable bonds is 7. The van der Waals surface area contributed by atoms with Crippen LogP contribution in [0.3, 0.4) is 0 Å². The van der Waals surface area contributed by atoms with Crippen LogP contribution in [0.5, 0.6) is 0 Å². The second-order valence-electron chi connectivity index (χ2n) is 5.96. The molecule has 130 valence electrons. The third-order valence-corrected chi connectivity index (χ3v) is 7.54. The molecule has 0 aliphatic carbocycles. The first-order valence-electron chi connectivity index (χ1n) is 7.06. The quantitative estimate of drug-likeness (QED) is 0.667. The number of piperidine rings is 1. The third kappa shape index (κ3) is 5.18. The Balaban J connectivity index is 2.68. The highest BCUT2D eigenvalue weighted by Crippen LogP contribution is 2.24. The van der Waals surface area contributed by atoms with Crippen LogP contribution in [0.25, 0.3) is 0 Å². The number of hydrogen-bond acceptors (Lipinski definition) is 5. The summed E-state index contributed by atoms with van der Waals surface area (Å²) in [5.41, 5.74) is 0. The van der Waals surface area contributed by atoms with E-state index in [1.54, 1.807) is 0 Å². The van der Waals surface area contributed by atoms with Gasteiger partial charge in [-0.3, -0.25) is 4.79 Å². The molecule has 1 fully saturated rings. The predicted molar refractivity (Wildman–Crippen MR) is 82.4 cm³/mol. The Morgan fingerprint density at radius 2 is 1.77 bits per heavy atom. The highest BCUT2D eigenvalue weighted by atomic mass is 32.2. The molecule has 0 amide bonds. The lowest BCUT2D eigenvalue weighted by Crippen LogP contribution is -2.46. The molecule has 0 bridgehead atoms. The van der Waals surface area contributed by atoms with Gasteiger partial charge in [0.2, 0.25) is 20.0 Å². The zero-order valence-corrected chi connectivity index (χ0v) is 14.7. The minimum Gasteiger partial charge on any atom is -0.481 e. The second kappa shape index (κ2) is 7.24. The minimum atomic E-state index is -3.64. The van der Waals surface area contributed by atoms with E-state index in [1.165, 1.54) is 18.4 Å². The predicted octanol–water partition coefficient (Wildman–Crippen LogP) is -0.360. The maximum Gasteiger partial charge on any atom is 0.307 e. The fourth-order valence-corrected chi connectivity index (χ4v) is 5.16. The fourth-order valence-electron chi connectivity index (χ4n) is 2.44. The lowest BCUT2D eigenvalue weighted by atomic mass is 9.92. The third-order valence-electron chi connectivity index (χ3n) is 3.73. The summed E-state index contributed by atoms with van der Waals surface area (Å²) in [6.45, 7) is 2.06. The smallest absolute Gasteiger partial charge is 0.307 e. The van der Waals surface area contributed by atoms with E-state index >= 15 is 0 Å². The van der Waals surface area contributed by atoms with Crippen molar-refractivity contribution < 1.29 is 26.7 Å². The van der Waals surface area contributed by atoms with E-state index in [2.05, 4.69) is 0 Å². The molecule has 2 unspecified atom stereocenters. The Morgan fingerprint density at radius 3 is 2.27 bits per heavy atom. The highest BCUT2D eigenvalue weighted by molar-refractivity contribution is 7.90. The number of carboxylic acids is 1. The van der Waals surface area contributed by atoms with E-state index < -0.39 is 31.9 Å². The van der Waals surface area contributed by atoms with Crippen molar-refractivity contribution in [1.82, 2.24) is 8.61 Å². The number of sulfonamides is 2. The van der Waals surface area contributed by atoms with Crippen LogP contribution in [0.1, 0.15) is 19.8 Å². The van der Waals surface area contributed by atoms with Gasteiger partial charge in [-0.25, -0.2) is 25.4 Å². The first-order valence-corrected chi connectivity index (χ1v) is 10.3. The van der Waals surface area contributed by atoms with Crippen molar-refractivity contribution in [3.8, 4) is 0 Å². The Bertz CT molecular complexity index is 599. The topological polar surface area (TPSA) is 112 Å². The van der Waals surface area contributed by atoms with Gasteiger partial charge in [0, 0.05) is 27.2 Å². The van der Waals surface area contributed by atoms with Crippen molar-refractivity contribution in [2.75, 3.05) is 38.7 Å². The maximum absolute atomic E-state index is 12.3. The molecule has 1 rings (SSSR count). The molecule has 0 saturated carbocycles. The Labute approximate surface area is 132 Å². The summed E-state index contributed by atoms with van der Waals surface area (Å²) in [5, 5.41) is 9.08. The van der Waals surface area contributed by atoms with E-state index in [0.29, 0.717) is 6.42 Å². The second-order valence-corrected chi connectivity index (χ2v) is 10.4. The van der Waals surface area contributed by atoms with Crippen LogP contribution < -0.4 is 0 Å². The molecular formula is C12H24N2O6S2. The van der Waals surface area contributed by atoms with Crippen molar-refractivity contribution in [2.24, 2.45) is 11.8 Å². The molecule has 1 N–H and O–H groups in total. The van der Waals surface area contributed by atoms with Gasteiger partial charge in [0.05, 0.1) is 17.4 Å². The van der Waals surface area contributed by atoms with Gasteiger partial charge in [0.25, 0.3) is 0 Å². The van der Waals surface area contributed by atoms with Gasteiger partial charge in [0.15, 0.2) is 0 Å². The summed E-state index contributed by atoms with van der Waals surface area (Å²) in [7, 11) is -4.28. The zero-order valence-electron chi connectivity index (χ0n) is 13.1. The summed E-state index contributed by atoms with van der Waals surface area (Å²) in [5.74, 6) is -2.27. The van der Waals surface area contributed by atoms with Crippen LogP contribution in [0.15, 0.2) is 0 Å². The monoisotopic (exact) mass is 356 g/mol. The normalized spacial score (nSPS) is 24.5. The number of carboxylic acid groups (broad SMARTS) is 1. The number of hydrogen-bond donors (Lipinski definition) is 1. The summed E-state index contributed by atoms with van der Waals surface area (Å²) in [6, 6.07) is 0. The largest absolute Gasteiger partial charge is 0.481 e. The van der Waals surface area contributed by atoms with Crippen molar-refractivity contribution in [1.29, 1.82) is 0 Å². The molecule has 1 heterocycles. The molecule has 1 saturated heterocycles. The van der Waals surface area contributed by atoms with Gasteiger partial charge >= 0.3 is 5.97 Å². The Morgan fingerprint density at radius 1 is 1.18 bits per heavy atom. The fraction of sp³-hybridized carbons (Fsp3) is 0.917. The molecule has 2 atom stereocenters. The molecule has 8 nitrogen and oxygen atoms in total. The first-order chi connectivity index (χ1) is 9.95. The molecule has 1 aliphatic rings. The highest BCUT2D eigenvalue weighted by Gasteiger charge is 2.35. The van der Waals surface area contributed by atoms with E-state index in [9.17, 15) is 21.6 Å². The lowest BCUT2D eigenvalue weighted by molar-refractivity contribution is -0.143. The number of aliphatic carboxylic acids is 1. The average molecular weight is 356 g/mol. The Kier molecular flexibility index (Phi) is 6.36. The molecule has 0 radical (unpaired) electrons. The molecule has 0 aromatic rings. The maximum atomic E-state index is 12.3. The zero-order chi connectivity index (χ0) is 17.1. The van der Waals surface area contributed by atoms with E-state index in [1.807, 2.05) is 6.92 Å². The number of nitrogens with zero attached hydrogens (tertiary/aromatic N) is 2. The van der Waals surface area contributed by atoms with E-state index in [0.717, 1.165) is 4.31 Å². The minimum absolute atomic E-state index is 0.00847. The van der Waals surface area contributed by atoms with E-state index in [4.69, 9.17) is 5.11 Å². The van der Waals surface area contributed by atoms with Crippen molar-refractivity contribution in [3.63, 3.8) is 0 Å². The van der Waals surface area contributed by atoms with Gasteiger partial charge in [-0.1, -0.05) is 6.92 Å². The van der Waals surface area contributed by atoms with Crippen molar-refractivity contribution >= 4 is 26.0 Å². The summed E-state index contributed by atoms with van der Waals surface area (Å²) < 4.78 is 50.1. The molecule has 1 aliphatic heterocycles. The molecule has 0 aromatic carbocycles. The Hall–Kier alpha value is -0.710. The molecule has 0 aromatic heterocycles. The molecule has 0 spiro atoms. The van der Waals surface area contributed by atoms with Gasteiger partial charge in [0.1, 0.15) is 0 Å². The summed E-state index contributed by atoms with van der Waals surface area (Å²) >= 11 is 0. The lowest BCUT2D eigenvalue weighted by Gasteiger charge is -2.33. The average Bonchev–Trinajstić information content (AvgIpc) is 2.37. The van der Waals surface area contributed by atoms with Crippen LogP contribution in [-0.2, 0) is 24.8 Å². The summed E-state index contributed by atoms with van der Waals surface area (Å²) in [6.07, 6.45) is 0.446. The standard InChI is InChI=1S/C12H24N2O6S2/c1-10-7-11(12(15)16)9-14(8-10)22(19,20)6-4-5-21(17,18)13(2)3/h10-11H,4-9H2,1-3H3,(H,15,16). The molecule has 10 heteroatoms. The first kappa shape index (κ1) is 19.3.